The standard InChI is InChI=1S/C15H12FN5O2/c1-9(22)13-6-12(15-18-14(23)7-17-19-15)20-21(13)8-10-4-2-3-5-11(10)16/h2-7H,8H2,1H3,(H,18,19,23). The first-order valence-electron chi connectivity index (χ1n) is 6.76. The van der Waals surface area contributed by atoms with E-state index in [1.54, 1.807) is 18.2 Å². The van der Waals surface area contributed by atoms with Crippen LogP contribution in [0.3, 0.4) is 0 Å². The molecule has 0 saturated heterocycles. The first kappa shape index (κ1) is 14.8. The van der Waals surface area contributed by atoms with E-state index in [2.05, 4.69) is 20.3 Å². The van der Waals surface area contributed by atoms with E-state index in [1.807, 2.05) is 0 Å². The molecule has 0 aliphatic heterocycles. The Morgan fingerprint density at radius 2 is 2.13 bits per heavy atom. The fourth-order valence-corrected chi connectivity index (χ4v) is 2.12. The normalized spacial score (nSPS) is 10.7. The van der Waals surface area contributed by atoms with Crippen molar-refractivity contribution in [2.24, 2.45) is 0 Å². The van der Waals surface area contributed by atoms with Crippen LogP contribution in [0.15, 0.2) is 36.5 Å². The predicted octanol–water partition coefficient (Wildman–Crippen LogP) is 1.83. The second-order valence-corrected chi connectivity index (χ2v) is 4.86. The van der Waals surface area contributed by atoms with Crippen molar-refractivity contribution in [3.63, 3.8) is 0 Å². The van der Waals surface area contributed by atoms with Gasteiger partial charge in [0.15, 0.2) is 5.78 Å². The summed E-state index contributed by atoms with van der Waals surface area (Å²) in [6.07, 6.45) is 1.09. The van der Waals surface area contributed by atoms with Gasteiger partial charge in [0.25, 0.3) is 0 Å². The maximum atomic E-state index is 13.8. The molecule has 2 aromatic heterocycles. The van der Waals surface area contributed by atoms with Crippen LogP contribution >= 0.6 is 0 Å². The first-order valence-corrected chi connectivity index (χ1v) is 6.76. The highest BCUT2D eigenvalue weighted by atomic mass is 19.1. The summed E-state index contributed by atoms with van der Waals surface area (Å²) in [5.74, 6) is -0.828. The van der Waals surface area contributed by atoms with Crippen LogP contribution in [0.25, 0.3) is 11.5 Å². The van der Waals surface area contributed by atoms with Gasteiger partial charge in [-0.25, -0.2) is 4.39 Å². The molecule has 0 fully saturated rings. The Labute approximate surface area is 130 Å². The summed E-state index contributed by atoms with van der Waals surface area (Å²) in [4.78, 5) is 15.6. The van der Waals surface area contributed by atoms with E-state index >= 15 is 0 Å². The van der Waals surface area contributed by atoms with Crippen LogP contribution in [0.4, 0.5) is 4.39 Å². The largest absolute Gasteiger partial charge is 0.492 e. The van der Waals surface area contributed by atoms with Gasteiger partial charge >= 0.3 is 0 Å². The van der Waals surface area contributed by atoms with E-state index in [0.717, 1.165) is 6.20 Å². The van der Waals surface area contributed by atoms with Crippen molar-refractivity contribution in [2.75, 3.05) is 0 Å². The fourth-order valence-electron chi connectivity index (χ4n) is 2.12. The van der Waals surface area contributed by atoms with Crippen LogP contribution in [0.2, 0.25) is 0 Å². The number of nitrogens with zero attached hydrogens (tertiary/aromatic N) is 5. The Bertz CT molecular complexity index is 878. The number of hydrogen-bond acceptors (Lipinski definition) is 6. The SMILES string of the molecule is CC(=O)c1cc(-c2nncc(O)n2)nn1Cc1ccccc1F. The van der Waals surface area contributed by atoms with Crippen molar-refractivity contribution in [3.05, 3.63) is 53.6 Å². The quantitative estimate of drug-likeness (QED) is 0.739. The van der Waals surface area contributed by atoms with Gasteiger partial charge in [0.2, 0.25) is 11.7 Å². The summed E-state index contributed by atoms with van der Waals surface area (Å²) in [6.45, 7) is 1.48. The molecule has 0 unspecified atom stereocenters. The highest BCUT2D eigenvalue weighted by Crippen LogP contribution is 2.18. The zero-order valence-corrected chi connectivity index (χ0v) is 12.1. The molecule has 1 N–H and O–H groups in total. The second kappa shape index (κ2) is 5.91. The molecule has 0 amide bonds. The molecule has 0 bridgehead atoms. The fraction of sp³-hybridized carbons (Fsp3) is 0.133. The van der Waals surface area contributed by atoms with Crippen molar-refractivity contribution in [1.82, 2.24) is 25.0 Å². The average Bonchev–Trinajstić information content (AvgIpc) is 2.94. The van der Waals surface area contributed by atoms with Gasteiger partial charge in [-0.3, -0.25) is 9.48 Å². The molecule has 0 spiro atoms. The smallest absolute Gasteiger partial charge is 0.233 e. The Kier molecular flexibility index (Phi) is 3.80. The maximum Gasteiger partial charge on any atom is 0.233 e. The number of aromatic hydroxyl groups is 1. The summed E-state index contributed by atoms with van der Waals surface area (Å²) in [5.41, 5.74) is 0.963. The molecule has 7 nitrogen and oxygen atoms in total. The van der Waals surface area contributed by atoms with Crippen LogP contribution < -0.4 is 0 Å². The minimum Gasteiger partial charge on any atom is -0.492 e. The number of hydrogen-bond donors (Lipinski definition) is 1. The van der Waals surface area contributed by atoms with Crippen LogP contribution in [-0.2, 0) is 6.54 Å². The van der Waals surface area contributed by atoms with Gasteiger partial charge in [-0.05, 0) is 12.1 Å². The van der Waals surface area contributed by atoms with E-state index in [4.69, 9.17) is 0 Å². The first-order chi connectivity index (χ1) is 11.0. The van der Waals surface area contributed by atoms with Crippen molar-refractivity contribution >= 4 is 5.78 Å². The lowest BCUT2D eigenvalue weighted by molar-refractivity contribution is 0.100. The molecule has 8 heteroatoms. The van der Waals surface area contributed by atoms with Gasteiger partial charge in [0.1, 0.15) is 23.4 Å². The highest BCUT2D eigenvalue weighted by molar-refractivity contribution is 5.93. The number of carbonyl (C=O) groups excluding carboxylic acids is 1. The lowest BCUT2D eigenvalue weighted by Gasteiger charge is -2.06. The topological polar surface area (TPSA) is 93.8 Å². The number of carbonyl (C=O) groups is 1. The second-order valence-electron chi connectivity index (χ2n) is 4.86. The summed E-state index contributed by atoms with van der Waals surface area (Å²) in [5, 5.41) is 21.0. The zero-order valence-electron chi connectivity index (χ0n) is 12.1. The van der Waals surface area contributed by atoms with Crippen molar-refractivity contribution in [2.45, 2.75) is 13.5 Å². The Morgan fingerprint density at radius 1 is 1.35 bits per heavy atom. The molecule has 0 aliphatic carbocycles. The average molecular weight is 313 g/mol. The van der Waals surface area contributed by atoms with E-state index in [-0.39, 0.29) is 41.2 Å². The van der Waals surface area contributed by atoms with E-state index in [0.29, 0.717) is 5.56 Å². The van der Waals surface area contributed by atoms with Gasteiger partial charge in [0, 0.05) is 12.5 Å². The third kappa shape index (κ3) is 3.05. The van der Waals surface area contributed by atoms with Crippen LogP contribution in [-0.4, -0.2) is 35.9 Å². The third-order valence-electron chi connectivity index (χ3n) is 3.19. The molecule has 0 saturated carbocycles. The maximum absolute atomic E-state index is 13.8. The minimum absolute atomic E-state index is 0.0831. The molecule has 0 aliphatic rings. The predicted molar refractivity (Wildman–Crippen MR) is 78.2 cm³/mol. The Balaban J connectivity index is 2.03. The van der Waals surface area contributed by atoms with Crippen LogP contribution in [0, 0.1) is 5.82 Å². The zero-order chi connectivity index (χ0) is 16.4. The van der Waals surface area contributed by atoms with E-state index in [1.165, 1.54) is 23.7 Å². The van der Waals surface area contributed by atoms with Gasteiger partial charge in [-0.15, -0.1) is 5.10 Å². The molecule has 23 heavy (non-hydrogen) atoms. The molecule has 3 rings (SSSR count). The number of rotatable bonds is 4. The number of aromatic nitrogens is 5. The van der Waals surface area contributed by atoms with Crippen molar-refractivity contribution < 1.29 is 14.3 Å². The lowest BCUT2D eigenvalue weighted by atomic mass is 10.2. The van der Waals surface area contributed by atoms with Crippen molar-refractivity contribution in [3.8, 4) is 17.4 Å². The molecular weight excluding hydrogens is 301 g/mol. The highest BCUT2D eigenvalue weighted by Gasteiger charge is 2.16. The van der Waals surface area contributed by atoms with Gasteiger partial charge in [-0.1, -0.05) is 18.2 Å². The van der Waals surface area contributed by atoms with Gasteiger partial charge in [0.05, 0.1) is 6.54 Å². The minimum atomic E-state index is -0.380. The number of halogens is 1. The van der Waals surface area contributed by atoms with Gasteiger partial charge < -0.3 is 5.11 Å². The number of Topliss-reactive ketones (excluding diaryl/α,β-unsaturated/α-hetero) is 1. The van der Waals surface area contributed by atoms with E-state index < -0.39 is 0 Å². The third-order valence-corrected chi connectivity index (χ3v) is 3.19. The van der Waals surface area contributed by atoms with Crippen LogP contribution in [0.1, 0.15) is 23.0 Å². The molecular formula is C15H12FN5O2. The summed E-state index contributed by atoms with van der Waals surface area (Å²) in [7, 11) is 0. The molecule has 116 valence electrons. The molecule has 0 radical (unpaired) electrons. The van der Waals surface area contributed by atoms with Crippen molar-refractivity contribution in [1.29, 1.82) is 0 Å². The Hall–Kier alpha value is -3.16. The molecule has 1 aromatic carbocycles. The van der Waals surface area contributed by atoms with Gasteiger partial charge in [-0.2, -0.15) is 15.2 Å². The molecule has 3 aromatic rings. The number of ketones is 1. The molecule has 0 atom stereocenters. The summed E-state index contributed by atoms with van der Waals surface area (Å²) in [6, 6.07) is 7.74. The Morgan fingerprint density at radius 3 is 2.83 bits per heavy atom. The van der Waals surface area contributed by atoms with E-state index in [9.17, 15) is 14.3 Å². The molecule has 2 heterocycles. The number of benzene rings is 1. The summed E-state index contributed by atoms with van der Waals surface area (Å²) >= 11 is 0. The monoisotopic (exact) mass is 313 g/mol. The summed E-state index contributed by atoms with van der Waals surface area (Å²) < 4.78 is 15.2. The lowest BCUT2D eigenvalue weighted by Crippen LogP contribution is -2.10. The van der Waals surface area contributed by atoms with Crippen LogP contribution in [0.5, 0.6) is 5.88 Å².